The van der Waals surface area contributed by atoms with Gasteiger partial charge in [-0.05, 0) is 26.3 Å². The molecule has 0 heterocycles. The molecule has 0 fully saturated rings. The first-order valence-corrected chi connectivity index (χ1v) is 12.3. The fourth-order valence-electron chi connectivity index (χ4n) is 3.77. The highest BCUT2D eigenvalue weighted by Gasteiger charge is 2.50. The third-order valence-corrected chi connectivity index (χ3v) is 9.15. The minimum Gasteiger partial charge on any atom is -0.382 e. The predicted octanol–water partition coefficient (Wildman–Crippen LogP) is 2.68. The smallest absolute Gasteiger partial charge is 0.269 e. The number of nitro groups is 1. The van der Waals surface area contributed by atoms with E-state index >= 15 is 0 Å². The highest BCUT2D eigenvalue weighted by atomic mass is 32.2. The molecule has 1 rings (SSSR count). The molecule has 12 heteroatoms. The van der Waals surface area contributed by atoms with Crippen molar-refractivity contribution in [3.63, 3.8) is 0 Å². The van der Waals surface area contributed by atoms with E-state index in [2.05, 4.69) is 6.58 Å². The van der Waals surface area contributed by atoms with Gasteiger partial charge in [0.2, 0.25) is 0 Å². The van der Waals surface area contributed by atoms with Crippen molar-refractivity contribution in [2.24, 2.45) is 5.14 Å². The molecule has 0 aliphatic rings. The van der Waals surface area contributed by atoms with E-state index in [1.165, 1.54) is 34.0 Å². The molecule has 9 nitrogen and oxygen atoms in total. The Balaban J connectivity index is 3.81. The maximum absolute atomic E-state index is 14.9. The van der Waals surface area contributed by atoms with Crippen molar-refractivity contribution in [3.8, 4) is 6.07 Å². The van der Waals surface area contributed by atoms with E-state index in [4.69, 9.17) is 9.88 Å². The van der Waals surface area contributed by atoms with E-state index in [0.717, 1.165) is 18.2 Å². The minimum absolute atomic E-state index is 0.205. The SMILES string of the molecule is C=CC[C@](C#N)(COC)S(=O)(=O)C[C@](C)(CC(C)(C)S(N)=O)c1cc([N+](=O)[O-])ccc1F. The zero-order valence-corrected chi connectivity index (χ0v) is 20.1. The summed E-state index contributed by atoms with van der Waals surface area (Å²) in [6.07, 6.45) is 0.812. The largest absolute Gasteiger partial charge is 0.382 e. The Morgan fingerprint density at radius 2 is 2.00 bits per heavy atom. The fourth-order valence-corrected chi connectivity index (χ4v) is 6.41. The van der Waals surface area contributed by atoms with Gasteiger partial charge in [0.15, 0.2) is 14.6 Å². The maximum atomic E-state index is 14.9. The van der Waals surface area contributed by atoms with E-state index < -0.39 is 64.5 Å². The first kappa shape index (κ1) is 27.8. The molecule has 0 radical (unpaired) electrons. The number of sulfone groups is 1. The average Bonchev–Trinajstić information content (AvgIpc) is 2.66. The molecule has 0 saturated carbocycles. The van der Waals surface area contributed by atoms with Crippen LogP contribution in [0.5, 0.6) is 0 Å². The van der Waals surface area contributed by atoms with Gasteiger partial charge in [-0.25, -0.2) is 17.0 Å². The molecule has 1 aromatic rings. The van der Waals surface area contributed by atoms with Gasteiger partial charge in [-0.1, -0.05) is 13.0 Å². The number of allylic oxidation sites excluding steroid dienone is 1. The second kappa shape index (κ2) is 10.2. The molecular weight excluding hydrogens is 461 g/mol. The van der Waals surface area contributed by atoms with Gasteiger partial charge in [0.25, 0.3) is 5.69 Å². The second-order valence-corrected chi connectivity index (χ2v) is 12.5. The molecule has 178 valence electrons. The van der Waals surface area contributed by atoms with Crippen LogP contribution >= 0.6 is 0 Å². The number of benzene rings is 1. The molecule has 0 saturated heterocycles. The number of nitrogens with zero attached hydrogens (tertiary/aromatic N) is 2. The summed E-state index contributed by atoms with van der Waals surface area (Å²) in [5, 5.41) is 26.6. The third-order valence-electron chi connectivity index (χ3n) is 5.33. The van der Waals surface area contributed by atoms with Crippen LogP contribution in [0.4, 0.5) is 10.1 Å². The number of nitrogens with two attached hydrogens (primary N) is 1. The van der Waals surface area contributed by atoms with Crippen molar-refractivity contribution < 1.29 is 26.7 Å². The van der Waals surface area contributed by atoms with Crippen LogP contribution < -0.4 is 5.14 Å². The van der Waals surface area contributed by atoms with Crippen LogP contribution in [0, 0.1) is 27.3 Å². The molecule has 0 aromatic heterocycles. The van der Waals surface area contributed by atoms with Crippen LogP contribution in [-0.4, -0.2) is 46.5 Å². The van der Waals surface area contributed by atoms with Crippen LogP contribution in [0.1, 0.15) is 39.2 Å². The van der Waals surface area contributed by atoms with Gasteiger partial charge in [0, 0.05) is 36.6 Å². The third kappa shape index (κ3) is 5.78. The van der Waals surface area contributed by atoms with Crippen molar-refractivity contribution in [1.82, 2.24) is 0 Å². The number of rotatable bonds is 12. The van der Waals surface area contributed by atoms with Crippen LogP contribution in [0.15, 0.2) is 30.9 Å². The number of hydrogen-bond acceptors (Lipinski definition) is 7. The zero-order valence-electron chi connectivity index (χ0n) is 18.5. The van der Waals surface area contributed by atoms with Gasteiger partial charge in [0.05, 0.1) is 39.1 Å². The second-order valence-electron chi connectivity index (χ2n) is 8.51. The summed E-state index contributed by atoms with van der Waals surface area (Å²) in [6.45, 7) is 7.47. The van der Waals surface area contributed by atoms with Crippen molar-refractivity contribution >= 4 is 26.5 Å². The summed E-state index contributed by atoms with van der Waals surface area (Å²) in [4.78, 5) is 10.5. The predicted molar refractivity (Wildman–Crippen MR) is 120 cm³/mol. The Morgan fingerprint density at radius 1 is 1.41 bits per heavy atom. The first-order valence-electron chi connectivity index (χ1n) is 9.45. The lowest BCUT2D eigenvalue weighted by atomic mass is 9.77. The molecule has 0 bridgehead atoms. The molecule has 0 spiro atoms. The molecule has 0 aliphatic carbocycles. The van der Waals surface area contributed by atoms with Gasteiger partial charge in [-0.15, -0.1) is 6.58 Å². The Labute approximate surface area is 190 Å². The van der Waals surface area contributed by atoms with Crippen molar-refractivity contribution in [2.45, 2.75) is 48.5 Å². The molecule has 32 heavy (non-hydrogen) atoms. The normalized spacial score (nSPS) is 16.9. The molecule has 3 atom stereocenters. The molecule has 0 amide bonds. The van der Waals surface area contributed by atoms with Crippen LogP contribution in [-0.2, 0) is 31.0 Å². The Morgan fingerprint density at radius 3 is 2.44 bits per heavy atom. The summed E-state index contributed by atoms with van der Waals surface area (Å²) in [5.41, 5.74) is -2.31. The number of nitro benzene ring substituents is 1. The van der Waals surface area contributed by atoms with Crippen molar-refractivity contribution in [1.29, 1.82) is 5.26 Å². The highest BCUT2D eigenvalue weighted by molar-refractivity contribution is 7.93. The summed E-state index contributed by atoms with van der Waals surface area (Å²) in [5.74, 6) is -1.64. The maximum Gasteiger partial charge on any atom is 0.269 e. The Hall–Kier alpha value is -2.20. The Bertz CT molecular complexity index is 1050. The summed E-state index contributed by atoms with van der Waals surface area (Å²) < 4.78 is 55.9. The quantitative estimate of drug-likeness (QED) is 0.269. The Kier molecular flexibility index (Phi) is 8.84. The first-order chi connectivity index (χ1) is 14.6. The van der Waals surface area contributed by atoms with E-state index in [1.54, 1.807) is 6.07 Å². The molecular formula is C20H28FN3O6S2. The number of methoxy groups -OCH3 is 1. The summed E-state index contributed by atoms with van der Waals surface area (Å²) >= 11 is 0. The van der Waals surface area contributed by atoms with Gasteiger partial charge >= 0.3 is 0 Å². The summed E-state index contributed by atoms with van der Waals surface area (Å²) in [6, 6.07) is 4.58. The fraction of sp³-hybridized carbons (Fsp3) is 0.550. The van der Waals surface area contributed by atoms with Gasteiger partial charge in [-0.3, -0.25) is 15.3 Å². The van der Waals surface area contributed by atoms with Gasteiger partial charge < -0.3 is 4.74 Å². The number of nitriles is 1. The molecule has 0 aliphatic heterocycles. The van der Waals surface area contributed by atoms with Crippen LogP contribution in [0.3, 0.4) is 0 Å². The minimum atomic E-state index is -4.35. The lowest BCUT2D eigenvalue weighted by Gasteiger charge is -2.38. The van der Waals surface area contributed by atoms with Crippen molar-refractivity contribution in [3.05, 3.63) is 52.3 Å². The number of ether oxygens (including phenoxy) is 1. The van der Waals surface area contributed by atoms with E-state index in [1.807, 2.05) is 0 Å². The average molecular weight is 490 g/mol. The molecule has 1 aromatic carbocycles. The van der Waals surface area contributed by atoms with E-state index in [-0.39, 0.29) is 18.4 Å². The van der Waals surface area contributed by atoms with E-state index in [9.17, 15) is 32.4 Å². The number of hydrogen-bond donors (Lipinski definition) is 1. The topological polar surface area (TPSA) is 153 Å². The molecule has 2 N–H and O–H groups in total. The lowest BCUT2D eigenvalue weighted by Crippen LogP contribution is -2.50. The highest BCUT2D eigenvalue weighted by Crippen LogP contribution is 2.41. The number of halogens is 1. The standard InChI is InChI=1S/C20H28FN3O6S2/c1-6-9-20(12-22,13-30-5)32(28,29)14-19(4,11-18(2,3)31(23)27)16-10-15(24(25)26)7-8-17(16)21/h6-8,10H,1,9,11,13-14,23H2,2-5H3/t19-,20-,31?/m0/s1. The molecule has 1 unspecified atom stereocenters. The summed E-state index contributed by atoms with van der Waals surface area (Å²) in [7, 11) is -5.04. The van der Waals surface area contributed by atoms with Gasteiger partial charge in [0.1, 0.15) is 5.82 Å². The van der Waals surface area contributed by atoms with Gasteiger partial charge in [-0.2, -0.15) is 5.26 Å². The monoisotopic (exact) mass is 489 g/mol. The van der Waals surface area contributed by atoms with Crippen LogP contribution in [0.2, 0.25) is 0 Å². The van der Waals surface area contributed by atoms with Crippen LogP contribution in [0.25, 0.3) is 0 Å². The van der Waals surface area contributed by atoms with Crippen molar-refractivity contribution in [2.75, 3.05) is 19.5 Å². The lowest BCUT2D eigenvalue weighted by molar-refractivity contribution is -0.385. The number of non-ortho nitro benzene ring substituents is 1. The van der Waals surface area contributed by atoms with E-state index in [0.29, 0.717) is 0 Å². The zero-order chi connectivity index (χ0) is 25.0.